The second kappa shape index (κ2) is 10.9. The van der Waals surface area contributed by atoms with Crippen molar-refractivity contribution in [1.82, 2.24) is 0 Å². The first kappa shape index (κ1) is 14.4. The zero-order valence-electron chi connectivity index (χ0n) is 7.56. The molecule has 0 rings (SSSR count). The van der Waals surface area contributed by atoms with Crippen LogP contribution in [0, 0.1) is 0 Å². The summed E-state index contributed by atoms with van der Waals surface area (Å²) >= 11 is -1.99. The molecule has 0 N–H and O–H groups in total. The molecular weight excluding hydrogens is 266 g/mol. The summed E-state index contributed by atoms with van der Waals surface area (Å²) in [6, 6.07) is 0. The molecule has 0 aliphatic carbocycles. The molecule has 0 fully saturated rings. The first-order chi connectivity index (χ1) is 4.81. The molecule has 0 amide bonds. The minimum atomic E-state index is -1.99. The molecule has 0 aliphatic rings. The van der Waals surface area contributed by atoms with Crippen molar-refractivity contribution in [2.75, 3.05) is 0 Å². The zero-order chi connectivity index (χ0) is 7.82. The van der Waals surface area contributed by atoms with Gasteiger partial charge in [-0.1, -0.05) is 0 Å². The van der Waals surface area contributed by atoms with Crippen molar-refractivity contribution >= 4 is 32.2 Å². The van der Waals surface area contributed by atoms with Crippen LogP contribution < -0.4 is 0 Å². The Labute approximate surface area is 83.5 Å². The van der Waals surface area contributed by atoms with Crippen molar-refractivity contribution in [3.8, 4) is 0 Å². The van der Waals surface area contributed by atoms with E-state index in [4.69, 9.17) is 0 Å². The molecule has 0 saturated carbocycles. The number of rotatable bonds is 6. The normalized spacial score (nSPS) is 8.91. The van der Waals surface area contributed by atoms with Gasteiger partial charge in [-0.25, -0.2) is 0 Å². The van der Waals surface area contributed by atoms with Crippen LogP contribution in [0.1, 0.15) is 39.5 Å². The van der Waals surface area contributed by atoms with E-state index < -0.39 is 19.7 Å². The van der Waals surface area contributed by atoms with Gasteiger partial charge < -0.3 is 0 Å². The summed E-state index contributed by atoms with van der Waals surface area (Å²) in [5.41, 5.74) is 0. The first-order valence-electron chi connectivity index (χ1n) is 4.33. The van der Waals surface area contributed by atoms with E-state index in [9.17, 15) is 3.08 Å². The maximum absolute atomic E-state index is 11.2. The Bertz CT molecular complexity index is 86.1. The third-order valence-corrected chi connectivity index (χ3v) is 6.82. The second-order valence-corrected chi connectivity index (χ2v) is 8.67. The van der Waals surface area contributed by atoms with E-state index in [-0.39, 0.29) is 12.4 Å². The molecule has 0 aliphatic heterocycles. The van der Waals surface area contributed by atoms with Gasteiger partial charge in [-0.3, -0.25) is 0 Å². The summed E-state index contributed by atoms with van der Waals surface area (Å²) in [6.45, 7) is 4.33. The predicted octanol–water partition coefficient (Wildman–Crippen LogP) is 3.43. The predicted molar refractivity (Wildman–Crippen MR) is 53.1 cm³/mol. The molecule has 0 saturated heterocycles. The summed E-state index contributed by atoms with van der Waals surface area (Å²) in [4.78, 5) is 0. The second-order valence-electron chi connectivity index (χ2n) is 2.75. The maximum Gasteiger partial charge on any atom is -0.147 e. The summed E-state index contributed by atoms with van der Waals surface area (Å²) in [7, 11) is 0. The van der Waals surface area contributed by atoms with Crippen LogP contribution in [0.2, 0.25) is 8.87 Å². The van der Waals surface area contributed by atoms with Crippen LogP contribution in [-0.2, 0) is 3.08 Å². The molecular formula is C8H19ClOSn. The van der Waals surface area contributed by atoms with Crippen LogP contribution in [0.15, 0.2) is 0 Å². The van der Waals surface area contributed by atoms with E-state index in [0.717, 1.165) is 8.87 Å². The molecule has 0 aromatic carbocycles. The largest absolute Gasteiger partial charge is 0.147 e. The molecule has 1 nitrogen and oxygen atoms in total. The molecule has 0 unspecified atom stereocenters. The Morgan fingerprint density at radius 2 is 1.36 bits per heavy atom. The van der Waals surface area contributed by atoms with Gasteiger partial charge in [0.25, 0.3) is 0 Å². The molecule has 0 aromatic heterocycles. The molecule has 68 valence electrons. The zero-order valence-corrected chi connectivity index (χ0v) is 11.2. The minimum Gasteiger partial charge on any atom is -0.147 e. The molecule has 3 heteroatoms. The van der Waals surface area contributed by atoms with Crippen LogP contribution in [0.3, 0.4) is 0 Å². The van der Waals surface area contributed by atoms with Gasteiger partial charge in [0.1, 0.15) is 0 Å². The Hall–Kier alpha value is 0.889. The number of halogens is 1. The monoisotopic (exact) mass is 286 g/mol. The van der Waals surface area contributed by atoms with Crippen molar-refractivity contribution in [2.45, 2.75) is 48.4 Å². The van der Waals surface area contributed by atoms with Crippen LogP contribution in [0.5, 0.6) is 0 Å². The average Bonchev–Trinajstić information content (AvgIpc) is 1.97. The SMILES string of the molecule is CCC[CH2][Sn](=[O])[CH2]CCC.Cl. The molecule has 0 bridgehead atoms. The standard InChI is InChI=1S/2C4H9.ClH.O.Sn/c2*1-3-4-2;;;/h2*1,3-4H2,2H3;1H;;. The van der Waals surface area contributed by atoms with E-state index in [1.807, 2.05) is 0 Å². The molecule has 0 spiro atoms. The van der Waals surface area contributed by atoms with Gasteiger partial charge >= 0.3 is 71.2 Å². The fourth-order valence-corrected chi connectivity index (χ4v) is 5.86. The fourth-order valence-electron chi connectivity index (χ4n) is 0.873. The van der Waals surface area contributed by atoms with Gasteiger partial charge in [-0.05, 0) is 0 Å². The third kappa shape index (κ3) is 10.9. The van der Waals surface area contributed by atoms with Gasteiger partial charge in [0, 0.05) is 0 Å². The fraction of sp³-hybridized carbons (Fsp3) is 1.00. The Morgan fingerprint density at radius 1 is 1.00 bits per heavy atom. The third-order valence-electron chi connectivity index (χ3n) is 1.62. The quantitative estimate of drug-likeness (QED) is 0.683. The van der Waals surface area contributed by atoms with Crippen molar-refractivity contribution in [1.29, 1.82) is 0 Å². The number of hydrogen-bond donors (Lipinski definition) is 0. The molecule has 0 radical (unpaired) electrons. The Kier molecular flexibility index (Phi) is 14.3. The van der Waals surface area contributed by atoms with Gasteiger partial charge in [0.2, 0.25) is 0 Å². The van der Waals surface area contributed by atoms with Crippen LogP contribution >= 0.6 is 12.4 Å². The smallest absolute Gasteiger partial charge is 0.147 e. The molecule has 11 heavy (non-hydrogen) atoms. The van der Waals surface area contributed by atoms with Crippen molar-refractivity contribution in [3.63, 3.8) is 0 Å². The Morgan fingerprint density at radius 3 is 1.64 bits per heavy atom. The summed E-state index contributed by atoms with van der Waals surface area (Å²) in [5, 5.41) is 0. The first-order valence-corrected chi connectivity index (χ1v) is 9.53. The van der Waals surface area contributed by atoms with E-state index >= 15 is 0 Å². The Balaban J connectivity index is 0. The summed E-state index contributed by atoms with van der Waals surface area (Å²) in [6.07, 6.45) is 4.81. The molecule has 0 aromatic rings. The topological polar surface area (TPSA) is 17.1 Å². The summed E-state index contributed by atoms with van der Waals surface area (Å²) < 4.78 is 13.4. The van der Waals surface area contributed by atoms with Crippen LogP contribution in [-0.4, -0.2) is 19.7 Å². The van der Waals surface area contributed by atoms with Gasteiger partial charge in [-0.2, -0.15) is 0 Å². The van der Waals surface area contributed by atoms with E-state index in [0.29, 0.717) is 0 Å². The number of hydrogen-bond acceptors (Lipinski definition) is 1. The van der Waals surface area contributed by atoms with Crippen LogP contribution in [0.25, 0.3) is 0 Å². The minimum absolute atomic E-state index is 0. The van der Waals surface area contributed by atoms with Crippen LogP contribution in [0.4, 0.5) is 0 Å². The molecule has 0 heterocycles. The maximum atomic E-state index is 11.2. The van der Waals surface area contributed by atoms with E-state index in [2.05, 4.69) is 13.8 Å². The van der Waals surface area contributed by atoms with Crippen molar-refractivity contribution in [2.24, 2.45) is 0 Å². The number of unbranched alkanes of at least 4 members (excludes halogenated alkanes) is 2. The molecule has 0 atom stereocenters. The summed E-state index contributed by atoms with van der Waals surface area (Å²) in [5.74, 6) is 0. The van der Waals surface area contributed by atoms with E-state index in [1.165, 1.54) is 25.7 Å². The van der Waals surface area contributed by atoms with E-state index in [1.54, 1.807) is 0 Å². The average molecular weight is 285 g/mol. The van der Waals surface area contributed by atoms with Gasteiger partial charge in [0.15, 0.2) is 0 Å². The van der Waals surface area contributed by atoms with Crippen molar-refractivity contribution < 1.29 is 3.08 Å². The van der Waals surface area contributed by atoms with Gasteiger partial charge in [-0.15, -0.1) is 12.4 Å². The van der Waals surface area contributed by atoms with Gasteiger partial charge in [0.05, 0.1) is 0 Å². The van der Waals surface area contributed by atoms with Crippen molar-refractivity contribution in [3.05, 3.63) is 0 Å².